The number of hydrogen-bond donors (Lipinski definition) is 0. The van der Waals surface area contributed by atoms with E-state index in [0.29, 0.717) is 0 Å². The zero-order valence-corrected chi connectivity index (χ0v) is 10.7. The molecule has 15 heavy (non-hydrogen) atoms. The van der Waals surface area contributed by atoms with E-state index >= 15 is 0 Å². The third-order valence-electron chi connectivity index (χ3n) is 5.04. The molecule has 2 aliphatic carbocycles. The summed E-state index contributed by atoms with van der Waals surface area (Å²) >= 11 is 0. The molecule has 0 N–H and O–H groups in total. The molecule has 0 aromatic carbocycles. The van der Waals surface area contributed by atoms with Crippen LogP contribution in [0.25, 0.3) is 0 Å². The van der Waals surface area contributed by atoms with Crippen LogP contribution in [0, 0.1) is 23.7 Å². The van der Waals surface area contributed by atoms with Gasteiger partial charge >= 0.3 is 0 Å². The van der Waals surface area contributed by atoms with E-state index in [2.05, 4.69) is 13.8 Å². The Morgan fingerprint density at radius 1 is 0.867 bits per heavy atom. The van der Waals surface area contributed by atoms with Crippen LogP contribution in [0.15, 0.2) is 0 Å². The van der Waals surface area contributed by atoms with Gasteiger partial charge in [-0.1, -0.05) is 58.8 Å². The van der Waals surface area contributed by atoms with Crippen LogP contribution in [0.2, 0.25) is 0 Å². The quantitative estimate of drug-likeness (QED) is 0.597. The van der Waals surface area contributed by atoms with Gasteiger partial charge in [0.25, 0.3) is 0 Å². The summed E-state index contributed by atoms with van der Waals surface area (Å²) in [5.74, 6) is 4.29. The monoisotopic (exact) mass is 208 g/mol. The minimum Gasteiger partial charge on any atom is -0.0651 e. The second-order valence-electron chi connectivity index (χ2n) is 6.23. The lowest BCUT2D eigenvalue weighted by atomic mass is 9.68. The predicted molar refractivity (Wildman–Crippen MR) is 66.9 cm³/mol. The molecule has 2 rings (SSSR count). The molecule has 4 atom stereocenters. The Balaban J connectivity index is 1.86. The van der Waals surface area contributed by atoms with Gasteiger partial charge in [-0.25, -0.2) is 0 Å². The Hall–Kier alpha value is 0. The van der Waals surface area contributed by atoms with Crippen molar-refractivity contribution in [1.82, 2.24) is 0 Å². The molecule has 0 amide bonds. The molecule has 0 saturated heterocycles. The first-order valence-corrected chi connectivity index (χ1v) is 7.29. The molecule has 88 valence electrons. The van der Waals surface area contributed by atoms with E-state index in [1.54, 1.807) is 25.7 Å². The Bertz CT molecular complexity index is 184. The van der Waals surface area contributed by atoms with E-state index in [-0.39, 0.29) is 0 Å². The van der Waals surface area contributed by atoms with Crippen LogP contribution in [-0.2, 0) is 0 Å². The van der Waals surface area contributed by atoms with Crippen molar-refractivity contribution in [3.05, 3.63) is 0 Å². The molecule has 0 nitrogen and oxygen atoms in total. The highest BCUT2D eigenvalue weighted by atomic mass is 14.4. The highest BCUT2D eigenvalue weighted by Crippen LogP contribution is 2.42. The summed E-state index contributed by atoms with van der Waals surface area (Å²) in [5.41, 5.74) is 0. The molecular weight excluding hydrogens is 180 g/mol. The lowest BCUT2D eigenvalue weighted by Gasteiger charge is -2.38. The van der Waals surface area contributed by atoms with Crippen molar-refractivity contribution >= 4 is 0 Å². The summed E-state index contributed by atoms with van der Waals surface area (Å²) < 4.78 is 0. The average Bonchev–Trinajstić information content (AvgIpc) is 2.29. The third kappa shape index (κ3) is 2.98. The molecule has 0 spiro atoms. The maximum atomic E-state index is 2.46. The molecule has 0 radical (unpaired) electrons. The van der Waals surface area contributed by atoms with Crippen molar-refractivity contribution < 1.29 is 0 Å². The summed E-state index contributed by atoms with van der Waals surface area (Å²) in [7, 11) is 0. The van der Waals surface area contributed by atoms with E-state index < -0.39 is 0 Å². The van der Waals surface area contributed by atoms with E-state index in [4.69, 9.17) is 0 Å². The van der Waals surface area contributed by atoms with Crippen LogP contribution in [0.4, 0.5) is 0 Å². The molecular formula is C15H28. The van der Waals surface area contributed by atoms with Gasteiger partial charge in [-0.3, -0.25) is 0 Å². The Labute approximate surface area is 95.8 Å². The normalized spacial score (nSPS) is 42.8. The molecule has 0 heteroatoms. The first kappa shape index (κ1) is 11.5. The summed E-state index contributed by atoms with van der Waals surface area (Å²) in [4.78, 5) is 0. The third-order valence-corrected chi connectivity index (χ3v) is 5.04. The highest BCUT2D eigenvalue weighted by Gasteiger charge is 2.30. The van der Waals surface area contributed by atoms with Gasteiger partial charge in [0, 0.05) is 0 Å². The molecule has 4 unspecified atom stereocenters. The second kappa shape index (κ2) is 5.37. The zero-order chi connectivity index (χ0) is 10.7. The van der Waals surface area contributed by atoms with Gasteiger partial charge in [0.1, 0.15) is 0 Å². The van der Waals surface area contributed by atoms with Gasteiger partial charge in [-0.2, -0.15) is 0 Å². The fourth-order valence-electron chi connectivity index (χ4n) is 4.04. The lowest BCUT2D eigenvalue weighted by Crippen LogP contribution is -2.26. The molecule has 0 aromatic heterocycles. The summed E-state index contributed by atoms with van der Waals surface area (Å²) in [6.07, 6.45) is 13.7. The van der Waals surface area contributed by atoms with Crippen molar-refractivity contribution in [2.75, 3.05) is 0 Å². The van der Waals surface area contributed by atoms with Gasteiger partial charge in [-0.05, 0) is 36.5 Å². The maximum Gasteiger partial charge on any atom is -0.0383 e. The van der Waals surface area contributed by atoms with Crippen LogP contribution in [0.3, 0.4) is 0 Å². The van der Waals surface area contributed by atoms with E-state index in [1.807, 2.05) is 0 Å². The zero-order valence-electron chi connectivity index (χ0n) is 10.7. The Kier molecular flexibility index (Phi) is 4.11. The Morgan fingerprint density at radius 2 is 1.53 bits per heavy atom. The maximum absolute atomic E-state index is 2.46. The largest absolute Gasteiger partial charge is 0.0651 e. The van der Waals surface area contributed by atoms with Gasteiger partial charge < -0.3 is 0 Å². The minimum atomic E-state index is 1.02. The second-order valence-corrected chi connectivity index (χ2v) is 6.23. The van der Waals surface area contributed by atoms with Gasteiger partial charge in [0.15, 0.2) is 0 Å². The number of hydrogen-bond acceptors (Lipinski definition) is 0. The predicted octanol–water partition coefficient (Wildman–Crippen LogP) is 5.03. The summed E-state index contributed by atoms with van der Waals surface area (Å²) in [6.45, 7) is 4.85. The molecule has 0 aromatic rings. The molecule has 0 bridgehead atoms. The molecule has 2 fully saturated rings. The summed E-state index contributed by atoms with van der Waals surface area (Å²) in [6, 6.07) is 0. The van der Waals surface area contributed by atoms with Crippen LogP contribution in [0.1, 0.15) is 71.6 Å². The van der Waals surface area contributed by atoms with Crippen molar-refractivity contribution in [1.29, 1.82) is 0 Å². The van der Waals surface area contributed by atoms with Crippen molar-refractivity contribution in [3.63, 3.8) is 0 Å². The SMILES string of the molecule is CCC1CCCC(C2CCCC(C)C2)C1. The van der Waals surface area contributed by atoms with Crippen LogP contribution >= 0.6 is 0 Å². The first-order valence-electron chi connectivity index (χ1n) is 7.29. The minimum absolute atomic E-state index is 1.02. The van der Waals surface area contributed by atoms with Gasteiger partial charge in [0.05, 0.1) is 0 Å². The fourth-order valence-corrected chi connectivity index (χ4v) is 4.04. The molecule has 0 heterocycles. The van der Waals surface area contributed by atoms with Gasteiger partial charge in [0.2, 0.25) is 0 Å². The lowest BCUT2D eigenvalue weighted by molar-refractivity contribution is 0.136. The van der Waals surface area contributed by atoms with Crippen molar-refractivity contribution in [2.45, 2.75) is 71.6 Å². The molecule has 0 aliphatic heterocycles. The van der Waals surface area contributed by atoms with E-state index in [1.165, 1.54) is 32.1 Å². The topological polar surface area (TPSA) is 0 Å². The Morgan fingerprint density at radius 3 is 2.20 bits per heavy atom. The van der Waals surface area contributed by atoms with Crippen LogP contribution in [0.5, 0.6) is 0 Å². The smallest absolute Gasteiger partial charge is 0.0383 e. The number of rotatable bonds is 2. The van der Waals surface area contributed by atoms with E-state index in [9.17, 15) is 0 Å². The summed E-state index contributed by atoms with van der Waals surface area (Å²) in [5, 5.41) is 0. The van der Waals surface area contributed by atoms with E-state index in [0.717, 1.165) is 23.7 Å². The van der Waals surface area contributed by atoms with Crippen molar-refractivity contribution in [3.8, 4) is 0 Å². The van der Waals surface area contributed by atoms with Crippen molar-refractivity contribution in [2.24, 2.45) is 23.7 Å². The first-order chi connectivity index (χ1) is 7.29. The average molecular weight is 208 g/mol. The van der Waals surface area contributed by atoms with Crippen LogP contribution < -0.4 is 0 Å². The highest BCUT2D eigenvalue weighted by molar-refractivity contribution is 4.81. The fraction of sp³-hybridized carbons (Fsp3) is 1.00. The molecule has 2 aliphatic rings. The van der Waals surface area contributed by atoms with Gasteiger partial charge in [-0.15, -0.1) is 0 Å². The molecule has 2 saturated carbocycles. The standard InChI is InChI=1S/C15H28/c1-3-13-7-5-9-15(11-13)14-8-4-6-12(2)10-14/h12-15H,3-11H2,1-2H3. The van der Waals surface area contributed by atoms with Crippen LogP contribution in [-0.4, -0.2) is 0 Å².